The average molecular weight is 287 g/mol. The fourth-order valence-electron chi connectivity index (χ4n) is 1.76. The van der Waals surface area contributed by atoms with E-state index in [2.05, 4.69) is 10.00 Å². The maximum Gasteiger partial charge on any atom is 0.162 e. The molecule has 1 unspecified atom stereocenters. The summed E-state index contributed by atoms with van der Waals surface area (Å²) in [5.74, 6) is 0.576. The molecule has 0 radical (unpaired) electrons. The third-order valence-corrected chi connectivity index (χ3v) is 2.85. The van der Waals surface area contributed by atoms with Crippen LogP contribution in [-0.4, -0.2) is 74.5 Å². The number of methoxy groups -OCH3 is 2. The van der Waals surface area contributed by atoms with Crippen molar-refractivity contribution in [3.8, 4) is 5.75 Å². The molecule has 1 N–H and O–H groups in total. The van der Waals surface area contributed by atoms with Gasteiger partial charge in [0.2, 0.25) is 0 Å². The first-order valence-electron chi connectivity index (χ1n) is 6.59. The largest absolute Gasteiger partial charge is 0.493 e. The van der Waals surface area contributed by atoms with Gasteiger partial charge in [-0.3, -0.25) is 4.68 Å². The molecule has 0 amide bonds. The van der Waals surface area contributed by atoms with E-state index in [1.54, 1.807) is 25.1 Å². The van der Waals surface area contributed by atoms with E-state index in [0.717, 1.165) is 6.54 Å². The van der Waals surface area contributed by atoms with Crippen LogP contribution < -0.4 is 4.74 Å². The SMILES string of the molecule is COCCOCC(O)c1c(OC)cnn1CCN(C)C. The quantitative estimate of drug-likeness (QED) is 0.618. The molecule has 0 fully saturated rings. The number of rotatable bonds is 10. The molecule has 0 aliphatic heterocycles. The van der Waals surface area contributed by atoms with Gasteiger partial charge in [-0.2, -0.15) is 5.10 Å². The number of hydrogen-bond donors (Lipinski definition) is 1. The third-order valence-electron chi connectivity index (χ3n) is 2.85. The van der Waals surface area contributed by atoms with Gasteiger partial charge in [-0.05, 0) is 14.1 Å². The Morgan fingerprint density at radius 3 is 2.70 bits per heavy atom. The predicted octanol–water partition coefficient (Wildman–Crippen LogP) is 0.150. The zero-order valence-electron chi connectivity index (χ0n) is 12.7. The van der Waals surface area contributed by atoms with Crippen LogP contribution in [0.15, 0.2) is 6.20 Å². The Labute approximate surface area is 120 Å². The number of hydrogen-bond acceptors (Lipinski definition) is 6. The summed E-state index contributed by atoms with van der Waals surface area (Å²) >= 11 is 0. The van der Waals surface area contributed by atoms with Crippen molar-refractivity contribution < 1.29 is 19.3 Å². The molecular weight excluding hydrogens is 262 g/mol. The molecule has 7 nitrogen and oxygen atoms in total. The van der Waals surface area contributed by atoms with Gasteiger partial charge in [-0.1, -0.05) is 0 Å². The second kappa shape index (κ2) is 8.91. The monoisotopic (exact) mass is 287 g/mol. The minimum absolute atomic E-state index is 0.188. The standard InChI is InChI=1S/C13H25N3O4/c1-15(2)5-6-16-13(12(19-4)9-14-16)11(17)10-20-8-7-18-3/h9,11,17H,5-8,10H2,1-4H3. The van der Waals surface area contributed by atoms with E-state index in [0.29, 0.717) is 31.2 Å². The van der Waals surface area contributed by atoms with Gasteiger partial charge in [0.25, 0.3) is 0 Å². The molecule has 7 heteroatoms. The molecule has 1 atom stereocenters. The second-order valence-electron chi connectivity index (χ2n) is 4.71. The van der Waals surface area contributed by atoms with E-state index in [9.17, 15) is 5.11 Å². The van der Waals surface area contributed by atoms with E-state index < -0.39 is 6.10 Å². The number of ether oxygens (including phenoxy) is 3. The maximum absolute atomic E-state index is 10.2. The molecule has 1 heterocycles. The summed E-state index contributed by atoms with van der Waals surface area (Å²) in [4.78, 5) is 2.05. The lowest BCUT2D eigenvalue weighted by Crippen LogP contribution is -2.22. The van der Waals surface area contributed by atoms with E-state index in [4.69, 9.17) is 14.2 Å². The van der Waals surface area contributed by atoms with Crippen LogP contribution in [0.2, 0.25) is 0 Å². The smallest absolute Gasteiger partial charge is 0.162 e. The highest BCUT2D eigenvalue weighted by Gasteiger charge is 2.20. The van der Waals surface area contributed by atoms with Gasteiger partial charge in [0.15, 0.2) is 5.75 Å². The van der Waals surface area contributed by atoms with Gasteiger partial charge in [0.1, 0.15) is 11.8 Å². The van der Waals surface area contributed by atoms with Crippen molar-refractivity contribution >= 4 is 0 Å². The summed E-state index contributed by atoms with van der Waals surface area (Å²) < 4.78 is 17.2. The maximum atomic E-state index is 10.2. The minimum atomic E-state index is -0.772. The van der Waals surface area contributed by atoms with Crippen LogP contribution in [0.3, 0.4) is 0 Å². The molecule has 0 aromatic carbocycles. The Kier molecular flexibility index (Phi) is 7.53. The summed E-state index contributed by atoms with van der Waals surface area (Å²) in [6.45, 7) is 2.65. The zero-order chi connectivity index (χ0) is 15.0. The molecule has 0 spiro atoms. The molecule has 0 saturated carbocycles. The van der Waals surface area contributed by atoms with Crippen LogP contribution in [0.5, 0.6) is 5.75 Å². The highest BCUT2D eigenvalue weighted by Crippen LogP contribution is 2.25. The normalized spacial score (nSPS) is 12.9. The molecule has 116 valence electrons. The molecule has 1 rings (SSSR count). The summed E-state index contributed by atoms with van der Waals surface area (Å²) in [7, 11) is 7.16. The fourth-order valence-corrected chi connectivity index (χ4v) is 1.76. The van der Waals surface area contributed by atoms with E-state index >= 15 is 0 Å². The zero-order valence-corrected chi connectivity index (χ0v) is 12.7. The van der Waals surface area contributed by atoms with Crippen molar-refractivity contribution in [2.45, 2.75) is 12.6 Å². The van der Waals surface area contributed by atoms with Gasteiger partial charge >= 0.3 is 0 Å². The van der Waals surface area contributed by atoms with Crippen LogP contribution in [-0.2, 0) is 16.0 Å². The molecule has 0 aliphatic carbocycles. The highest BCUT2D eigenvalue weighted by molar-refractivity contribution is 5.27. The lowest BCUT2D eigenvalue weighted by atomic mass is 10.2. The number of aliphatic hydroxyl groups excluding tert-OH is 1. The summed E-state index contributed by atoms with van der Waals surface area (Å²) in [6.07, 6.45) is 0.843. The topological polar surface area (TPSA) is 69.0 Å². The number of aromatic nitrogens is 2. The summed E-state index contributed by atoms with van der Waals surface area (Å²) in [5.41, 5.74) is 0.645. The lowest BCUT2D eigenvalue weighted by Gasteiger charge is -2.16. The van der Waals surface area contributed by atoms with Crippen LogP contribution in [0.25, 0.3) is 0 Å². The van der Waals surface area contributed by atoms with Crippen molar-refractivity contribution in [1.29, 1.82) is 0 Å². The van der Waals surface area contributed by atoms with E-state index in [1.807, 2.05) is 14.1 Å². The van der Waals surface area contributed by atoms with Crippen LogP contribution in [0, 0.1) is 0 Å². The van der Waals surface area contributed by atoms with Crippen molar-refractivity contribution in [3.05, 3.63) is 11.9 Å². The molecule has 1 aromatic heterocycles. The van der Waals surface area contributed by atoms with Crippen molar-refractivity contribution in [3.63, 3.8) is 0 Å². The second-order valence-corrected chi connectivity index (χ2v) is 4.71. The molecular formula is C13H25N3O4. The first-order valence-corrected chi connectivity index (χ1v) is 6.59. The molecule has 0 bridgehead atoms. The molecule has 1 aromatic rings. The van der Waals surface area contributed by atoms with E-state index in [1.165, 1.54) is 0 Å². The summed E-state index contributed by atoms with van der Waals surface area (Å²) in [5, 5.41) is 14.5. The molecule has 0 aliphatic rings. The Bertz CT molecular complexity index is 382. The first kappa shape index (κ1) is 16.9. The molecule has 0 saturated heterocycles. The Hall–Kier alpha value is -1.15. The summed E-state index contributed by atoms with van der Waals surface area (Å²) in [6, 6.07) is 0. The Balaban J connectivity index is 2.66. The van der Waals surface area contributed by atoms with Crippen LogP contribution in [0.1, 0.15) is 11.8 Å². The first-order chi connectivity index (χ1) is 9.60. The van der Waals surface area contributed by atoms with Crippen molar-refractivity contribution in [1.82, 2.24) is 14.7 Å². The van der Waals surface area contributed by atoms with Gasteiger partial charge in [0.05, 0.1) is 39.7 Å². The van der Waals surface area contributed by atoms with Crippen LogP contribution in [0.4, 0.5) is 0 Å². The van der Waals surface area contributed by atoms with Gasteiger partial charge in [-0.25, -0.2) is 0 Å². The van der Waals surface area contributed by atoms with Crippen LogP contribution >= 0.6 is 0 Å². The number of likely N-dealkylation sites (N-methyl/N-ethyl adjacent to an activating group) is 1. The molecule has 20 heavy (non-hydrogen) atoms. The van der Waals surface area contributed by atoms with E-state index in [-0.39, 0.29) is 6.61 Å². The average Bonchev–Trinajstić information content (AvgIpc) is 2.84. The Morgan fingerprint density at radius 1 is 1.35 bits per heavy atom. The third kappa shape index (κ3) is 5.09. The minimum Gasteiger partial charge on any atom is -0.493 e. The predicted molar refractivity (Wildman–Crippen MR) is 75.0 cm³/mol. The highest BCUT2D eigenvalue weighted by atomic mass is 16.5. The fraction of sp³-hybridized carbons (Fsp3) is 0.769. The van der Waals surface area contributed by atoms with Gasteiger partial charge in [-0.15, -0.1) is 0 Å². The number of nitrogens with zero attached hydrogens (tertiary/aromatic N) is 3. The van der Waals surface area contributed by atoms with Crippen molar-refractivity contribution in [2.24, 2.45) is 0 Å². The number of aliphatic hydroxyl groups is 1. The Morgan fingerprint density at radius 2 is 2.10 bits per heavy atom. The van der Waals surface area contributed by atoms with Crippen molar-refractivity contribution in [2.75, 3.05) is 54.7 Å². The van der Waals surface area contributed by atoms with Gasteiger partial charge < -0.3 is 24.2 Å². The lowest BCUT2D eigenvalue weighted by molar-refractivity contribution is 0.00841. The van der Waals surface area contributed by atoms with Gasteiger partial charge in [0, 0.05) is 13.7 Å².